The molecule has 7 heavy (non-hydrogen) atoms. The lowest BCUT2D eigenvalue weighted by Gasteiger charge is -1.98. The van der Waals surface area contributed by atoms with Crippen molar-refractivity contribution in [2.24, 2.45) is 5.92 Å². The van der Waals surface area contributed by atoms with E-state index in [9.17, 15) is 0 Å². The zero-order chi connectivity index (χ0) is 5.28. The predicted octanol–water partition coefficient (Wildman–Crippen LogP) is 1.25. The quantitative estimate of drug-likeness (QED) is 0.477. The van der Waals surface area contributed by atoms with Crippen molar-refractivity contribution in [2.45, 2.75) is 6.92 Å². The van der Waals surface area contributed by atoms with Crippen molar-refractivity contribution in [3.8, 4) is 0 Å². The molecule has 0 saturated carbocycles. The van der Waals surface area contributed by atoms with E-state index in [0.717, 1.165) is 5.70 Å². The highest BCUT2D eigenvalue weighted by molar-refractivity contribution is 5.14. The molecule has 0 fully saturated rings. The van der Waals surface area contributed by atoms with Gasteiger partial charge in [-0.25, -0.2) is 0 Å². The van der Waals surface area contributed by atoms with Crippen molar-refractivity contribution in [3.05, 3.63) is 24.6 Å². The molecular formula is C6H9N. The van der Waals surface area contributed by atoms with Gasteiger partial charge in [0.1, 0.15) is 0 Å². The summed E-state index contributed by atoms with van der Waals surface area (Å²) in [5, 5.41) is 2.99. The molecule has 0 saturated heterocycles. The summed E-state index contributed by atoms with van der Waals surface area (Å²) >= 11 is 0. The summed E-state index contributed by atoms with van der Waals surface area (Å²) in [6, 6.07) is 0. The van der Waals surface area contributed by atoms with Gasteiger partial charge in [-0.05, 0) is 6.20 Å². The molecule has 1 heteroatoms. The van der Waals surface area contributed by atoms with Gasteiger partial charge >= 0.3 is 0 Å². The van der Waals surface area contributed by atoms with Gasteiger partial charge in [0.15, 0.2) is 0 Å². The fraction of sp³-hybridized carbons (Fsp3) is 0.333. The topological polar surface area (TPSA) is 12.0 Å². The van der Waals surface area contributed by atoms with Crippen LogP contribution in [0.15, 0.2) is 24.6 Å². The lowest BCUT2D eigenvalue weighted by atomic mass is 10.2. The first-order valence-electron chi connectivity index (χ1n) is 2.42. The summed E-state index contributed by atoms with van der Waals surface area (Å²) in [5.41, 5.74) is 1.10. The van der Waals surface area contributed by atoms with E-state index in [1.807, 2.05) is 6.20 Å². The van der Waals surface area contributed by atoms with E-state index in [0.29, 0.717) is 5.92 Å². The van der Waals surface area contributed by atoms with Crippen LogP contribution in [0.2, 0.25) is 0 Å². The molecule has 0 aromatic rings. The number of hydrogen-bond donors (Lipinski definition) is 1. The van der Waals surface area contributed by atoms with Gasteiger partial charge < -0.3 is 5.32 Å². The number of hydrogen-bond acceptors (Lipinski definition) is 1. The van der Waals surface area contributed by atoms with E-state index in [1.165, 1.54) is 0 Å². The molecule has 0 spiro atoms. The van der Waals surface area contributed by atoms with Gasteiger partial charge in [0, 0.05) is 11.6 Å². The Labute approximate surface area is 43.7 Å². The van der Waals surface area contributed by atoms with Crippen LogP contribution in [0.5, 0.6) is 0 Å². The second kappa shape index (κ2) is 1.41. The highest BCUT2D eigenvalue weighted by Gasteiger charge is 2.04. The van der Waals surface area contributed by atoms with Crippen LogP contribution < -0.4 is 5.32 Å². The molecule has 1 aliphatic rings. The average Bonchev–Trinajstić information content (AvgIpc) is 1.91. The maximum absolute atomic E-state index is 3.76. The lowest BCUT2D eigenvalue weighted by molar-refractivity contribution is 0.850. The van der Waals surface area contributed by atoms with Crippen LogP contribution >= 0.6 is 0 Å². The maximum atomic E-state index is 3.76. The third-order valence-corrected chi connectivity index (χ3v) is 1.20. The van der Waals surface area contributed by atoms with E-state index in [1.54, 1.807) is 0 Å². The summed E-state index contributed by atoms with van der Waals surface area (Å²) in [6.07, 6.45) is 4.01. The number of nitrogens with one attached hydrogen (secondary N) is 1. The van der Waals surface area contributed by atoms with Crippen LogP contribution in [0.4, 0.5) is 0 Å². The smallest absolute Gasteiger partial charge is 0.0152 e. The van der Waals surface area contributed by atoms with Gasteiger partial charge in [0.2, 0.25) is 0 Å². The Morgan fingerprint density at radius 3 is 2.71 bits per heavy atom. The zero-order valence-corrected chi connectivity index (χ0v) is 4.44. The van der Waals surface area contributed by atoms with Crippen molar-refractivity contribution in [3.63, 3.8) is 0 Å². The molecule has 1 aliphatic heterocycles. The van der Waals surface area contributed by atoms with E-state index < -0.39 is 0 Å². The van der Waals surface area contributed by atoms with Crippen molar-refractivity contribution in [2.75, 3.05) is 0 Å². The fourth-order valence-electron chi connectivity index (χ4n) is 0.547. The van der Waals surface area contributed by atoms with Gasteiger partial charge in [0.25, 0.3) is 0 Å². The normalized spacial score (nSPS) is 28.1. The number of allylic oxidation sites excluding steroid dienone is 1. The molecule has 1 rings (SSSR count). The molecule has 1 N–H and O–H groups in total. The molecule has 0 aromatic heterocycles. The lowest BCUT2D eigenvalue weighted by Crippen LogP contribution is -2.00. The Balaban J connectivity index is 2.62. The monoisotopic (exact) mass is 95.1 g/mol. The third kappa shape index (κ3) is 0.660. The minimum absolute atomic E-state index is 0.528. The summed E-state index contributed by atoms with van der Waals surface area (Å²) in [5.74, 6) is 0.528. The van der Waals surface area contributed by atoms with Crippen LogP contribution in [-0.2, 0) is 0 Å². The van der Waals surface area contributed by atoms with Crippen LogP contribution in [0.3, 0.4) is 0 Å². The summed E-state index contributed by atoms with van der Waals surface area (Å²) < 4.78 is 0. The molecule has 1 heterocycles. The molecule has 0 amide bonds. The molecule has 0 radical (unpaired) electrons. The van der Waals surface area contributed by atoms with Crippen molar-refractivity contribution in [1.29, 1.82) is 0 Å². The van der Waals surface area contributed by atoms with Gasteiger partial charge in [-0.15, -0.1) is 0 Å². The van der Waals surface area contributed by atoms with Crippen LogP contribution in [0.1, 0.15) is 6.92 Å². The highest BCUT2D eigenvalue weighted by Crippen LogP contribution is 2.10. The molecule has 0 bridgehead atoms. The van der Waals surface area contributed by atoms with E-state index in [-0.39, 0.29) is 0 Å². The van der Waals surface area contributed by atoms with E-state index in [4.69, 9.17) is 0 Å². The van der Waals surface area contributed by atoms with Crippen molar-refractivity contribution in [1.82, 2.24) is 5.32 Å². The average molecular weight is 95.1 g/mol. The molecule has 0 aliphatic carbocycles. The summed E-state index contributed by atoms with van der Waals surface area (Å²) in [7, 11) is 0. The maximum Gasteiger partial charge on any atom is 0.0152 e. The first-order valence-corrected chi connectivity index (χ1v) is 2.42. The fourth-order valence-corrected chi connectivity index (χ4v) is 0.547. The van der Waals surface area contributed by atoms with Gasteiger partial charge in [-0.3, -0.25) is 0 Å². The number of rotatable bonds is 0. The highest BCUT2D eigenvalue weighted by atomic mass is 14.9. The van der Waals surface area contributed by atoms with Crippen LogP contribution in [-0.4, -0.2) is 0 Å². The molecule has 1 nitrogen and oxygen atoms in total. The van der Waals surface area contributed by atoms with Crippen molar-refractivity contribution < 1.29 is 0 Å². The largest absolute Gasteiger partial charge is 0.365 e. The Bertz CT molecular complexity index is 113. The van der Waals surface area contributed by atoms with Crippen LogP contribution in [0, 0.1) is 5.92 Å². The summed E-state index contributed by atoms with van der Waals surface area (Å²) in [6.45, 7) is 5.87. The van der Waals surface area contributed by atoms with Gasteiger partial charge in [-0.2, -0.15) is 0 Å². The van der Waals surface area contributed by atoms with Crippen LogP contribution in [0.25, 0.3) is 0 Å². The molecular weight excluding hydrogens is 86.1 g/mol. The minimum Gasteiger partial charge on any atom is -0.365 e. The zero-order valence-electron chi connectivity index (χ0n) is 4.44. The van der Waals surface area contributed by atoms with E-state index in [2.05, 4.69) is 24.9 Å². The molecule has 1 atom stereocenters. The van der Waals surface area contributed by atoms with E-state index >= 15 is 0 Å². The van der Waals surface area contributed by atoms with Gasteiger partial charge in [-0.1, -0.05) is 19.6 Å². The Kier molecular flexibility index (Phi) is 0.895. The van der Waals surface area contributed by atoms with Crippen molar-refractivity contribution >= 4 is 0 Å². The predicted molar refractivity (Wildman–Crippen MR) is 30.6 cm³/mol. The Morgan fingerprint density at radius 2 is 2.57 bits per heavy atom. The second-order valence-corrected chi connectivity index (χ2v) is 1.82. The first-order chi connectivity index (χ1) is 3.30. The molecule has 0 aromatic carbocycles. The minimum atomic E-state index is 0.528. The third-order valence-electron chi connectivity index (χ3n) is 1.20. The summed E-state index contributed by atoms with van der Waals surface area (Å²) in [4.78, 5) is 0. The van der Waals surface area contributed by atoms with Gasteiger partial charge in [0.05, 0.1) is 0 Å². The SMILES string of the molecule is C=C1NC=CC1C. The molecule has 1 unspecified atom stereocenters. The second-order valence-electron chi connectivity index (χ2n) is 1.82. The molecule has 38 valence electrons. The Hall–Kier alpha value is -0.720. The standard InChI is InChI=1S/C6H9N/c1-5-3-4-7-6(5)2/h3-5,7H,2H2,1H3. The first kappa shape index (κ1) is 4.44. The Morgan fingerprint density at radius 1 is 1.86 bits per heavy atom.